The van der Waals surface area contributed by atoms with Gasteiger partial charge in [0.15, 0.2) is 0 Å². The predicted octanol–water partition coefficient (Wildman–Crippen LogP) is 5.07. The average Bonchev–Trinajstić information content (AvgIpc) is 3.17. The molecule has 1 fully saturated rings. The summed E-state index contributed by atoms with van der Waals surface area (Å²) < 4.78 is 0. The normalized spacial score (nSPS) is 19.4. The highest BCUT2D eigenvalue weighted by Crippen LogP contribution is 2.34. The molecule has 0 spiro atoms. The number of carbonyl (C=O) groups is 1. The highest BCUT2D eigenvalue weighted by Gasteiger charge is 2.28. The van der Waals surface area contributed by atoms with Crippen LogP contribution in [0.15, 0.2) is 35.7 Å². The Morgan fingerprint density at radius 3 is 2.96 bits per heavy atom. The third-order valence-corrected chi connectivity index (χ3v) is 5.92. The van der Waals surface area contributed by atoms with E-state index in [-0.39, 0.29) is 11.9 Å². The van der Waals surface area contributed by atoms with Crippen LogP contribution in [0.25, 0.3) is 0 Å². The third-order valence-electron chi connectivity index (χ3n) is 4.39. The van der Waals surface area contributed by atoms with E-state index >= 15 is 0 Å². The Bertz CT molecular complexity index is 705. The molecule has 0 bridgehead atoms. The van der Waals surface area contributed by atoms with Crippen molar-refractivity contribution >= 4 is 40.4 Å². The second-order valence-corrected chi connectivity index (χ2v) is 7.92. The van der Waals surface area contributed by atoms with Crippen LogP contribution >= 0.6 is 34.5 Å². The number of nitrogens with one attached hydrogen (secondary N) is 1. The van der Waals surface area contributed by atoms with E-state index < -0.39 is 0 Å². The Morgan fingerprint density at radius 2 is 2.25 bits per heavy atom. The Labute approximate surface area is 156 Å². The summed E-state index contributed by atoms with van der Waals surface area (Å²) in [5.41, 5.74) is 0.880. The summed E-state index contributed by atoms with van der Waals surface area (Å²) in [6.45, 7) is 3.32. The van der Waals surface area contributed by atoms with Crippen LogP contribution in [0.5, 0.6) is 0 Å². The molecular formula is C18H20Cl2N2OS. The van der Waals surface area contributed by atoms with E-state index in [1.165, 1.54) is 4.88 Å². The standard InChI is InChI=1S/C18H20Cl2N2OS/c1-12(14-7-6-13(19)10-15(14)20)21-18(23)11-22-8-2-4-16(22)17-5-3-9-24-17/h3,5-7,9-10,12,16H,2,4,8,11H2,1H3,(H,21,23)/t12-,16-/m1/s1. The maximum atomic E-state index is 12.5. The zero-order chi connectivity index (χ0) is 17.1. The summed E-state index contributed by atoms with van der Waals surface area (Å²) in [6, 6.07) is 9.80. The summed E-state index contributed by atoms with van der Waals surface area (Å²) in [4.78, 5) is 16.1. The lowest BCUT2D eigenvalue weighted by Gasteiger charge is -2.24. The molecule has 128 valence electrons. The van der Waals surface area contributed by atoms with Gasteiger partial charge in [0.2, 0.25) is 5.91 Å². The van der Waals surface area contributed by atoms with Crippen LogP contribution in [0.3, 0.4) is 0 Å². The highest BCUT2D eigenvalue weighted by atomic mass is 35.5. The molecule has 0 saturated carbocycles. The molecule has 1 aliphatic heterocycles. The molecule has 2 atom stereocenters. The van der Waals surface area contributed by atoms with Gasteiger partial charge >= 0.3 is 0 Å². The first-order chi connectivity index (χ1) is 11.5. The molecule has 0 radical (unpaired) electrons. The molecule has 3 nitrogen and oxygen atoms in total. The van der Waals surface area contributed by atoms with Crippen LogP contribution in [0.4, 0.5) is 0 Å². The van der Waals surface area contributed by atoms with Gasteiger partial charge in [-0.2, -0.15) is 0 Å². The van der Waals surface area contributed by atoms with Gasteiger partial charge in [-0.25, -0.2) is 0 Å². The van der Waals surface area contributed by atoms with Crippen LogP contribution in [-0.2, 0) is 4.79 Å². The van der Waals surface area contributed by atoms with Crippen molar-refractivity contribution in [2.24, 2.45) is 0 Å². The fraction of sp³-hybridized carbons (Fsp3) is 0.389. The van der Waals surface area contributed by atoms with Crippen LogP contribution < -0.4 is 5.32 Å². The lowest BCUT2D eigenvalue weighted by molar-refractivity contribution is -0.123. The minimum atomic E-state index is -0.148. The van der Waals surface area contributed by atoms with Gasteiger partial charge in [0.1, 0.15) is 0 Å². The van der Waals surface area contributed by atoms with Crippen molar-refractivity contribution in [3.05, 3.63) is 56.2 Å². The topological polar surface area (TPSA) is 32.3 Å². The molecule has 1 amide bonds. The molecule has 1 aliphatic rings. The molecule has 2 aromatic rings. The van der Waals surface area contributed by atoms with Crippen molar-refractivity contribution in [1.29, 1.82) is 0 Å². The Hall–Kier alpha value is -1.07. The lowest BCUT2D eigenvalue weighted by Crippen LogP contribution is -2.38. The summed E-state index contributed by atoms with van der Waals surface area (Å²) in [5.74, 6) is 0.0250. The van der Waals surface area contributed by atoms with Crippen molar-refractivity contribution in [2.75, 3.05) is 13.1 Å². The molecule has 0 unspecified atom stereocenters. The number of carbonyl (C=O) groups excluding carboxylic acids is 1. The van der Waals surface area contributed by atoms with E-state index in [9.17, 15) is 4.79 Å². The summed E-state index contributed by atoms with van der Waals surface area (Å²) in [7, 11) is 0. The largest absolute Gasteiger partial charge is 0.348 e. The van der Waals surface area contributed by atoms with Crippen molar-refractivity contribution in [2.45, 2.75) is 31.8 Å². The maximum Gasteiger partial charge on any atom is 0.234 e. The molecule has 1 N–H and O–H groups in total. The van der Waals surface area contributed by atoms with Gasteiger partial charge in [0.05, 0.1) is 12.6 Å². The Balaban J connectivity index is 1.60. The lowest BCUT2D eigenvalue weighted by atomic mass is 10.1. The number of thiophene rings is 1. The minimum Gasteiger partial charge on any atom is -0.348 e. The summed E-state index contributed by atoms with van der Waals surface area (Å²) in [6.07, 6.45) is 2.25. The van der Waals surface area contributed by atoms with Gasteiger partial charge in [-0.1, -0.05) is 35.3 Å². The zero-order valence-corrected chi connectivity index (χ0v) is 15.8. The molecule has 6 heteroatoms. The van der Waals surface area contributed by atoms with E-state index in [1.807, 2.05) is 13.0 Å². The molecule has 2 heterocycles. The second-order valence-electron chi connectivity index (χ2n) is 6.10. The SMILES string of the molecule is C[C@@H](NC(=O)CN1CCC[C@@H]1c1cccs1)c1ccc(Cl)cc1Cl. The third kappa shape index (κ3) is 4.12. The fourth-order valence-electron chi connectivity index (χ4n) is 3.22. The van der Waals surface area contributed by atoms with E-state index in [4.69, 9.17) is 23.2 Å². The number of likely N-dealkylation sites (tertiary alicyclic amines) is 1. The van der Waals surface area contributed by atoms with Gasteiger partial charge < -0.3 is 5.32 Å². The Kier molecular flexibility index (Phi) is 5.82. The van der Waals surface area contributed by atoms with Crippen LogP contribution in [0, 0.1) is 0 Å². The quantitative estimate of drug-likeness (QED) is 0.782. The van der Waals surface area contributed by atoms with Crippen LogP contribution in [-0.4, -0.2) is 23.9 Å². The second kappa shape index (κ2) is 7.87. The monoisotopic (exact) mass is 382 g/mol. The van der Waals surface area contributed by atoms with Crippen LogP contribution in [0.2, 0.25) is 10.0 Å². The van der Waals surface area contributed by atoms with Crippen molar-refractivity contribution in [3.8, 4) is 0 Å². The van der Waals surface area contributed by atoms with E-state index in [0.29, 0.717) is 22.6 Å². The van der Waals surface area contributed by atoms with Gasteiger partial charge in [0, 0.05) is 21.0 Å². The molecule has 0 aliphatic carbocycles. The maximum absolute atomic E-state index is 12.5. The van der Waals surface area contributed by atoms with E-state index in [0.717, 1.165) is 24.9 Å². The number of amides is 1. The van der Waals surface area contributed by atoms with Crippen molar-refractivity contribution in [3.63, 3.8) is 0 Å². The number of halogens is 2. The van der Waals surface area contributed by atoms with Gasteiger partial charge in [-0.05, 0) is 55.5 Å². The minimum absolute atomic E-state index is 0.0250. The van der Waals surface area contributed by atoms with Gasteiger partial charge in [-0.3, -0.25) is 9.69 Å². The summed E-state index contributed by atoms with van der Waals surface area (Å²) >= 11 is 13.9. The Morgan fingerprint density at radius 1 is 1.42 bits per heavy atom. The highest BCUT2D eigenvalue weighted by molar-refractivity contribution is 7.10. The first-order valence-electron chi connectivity index (χ1n) is 8.06. The number of hydrogen-bond donors (Lipinski definition) is 1. The van der Waals surface area contributed by atoms with E-state index in [1.54, 1.807) is 23.5 Å². The molecular weight excluding hydrogens is 363 g/mol. The van der Waals surface area contributed by atoms with Crippen molar-refractivity contribution < 1.29 is 4.79 Å². The van der Waals surface area contributed by atoms with Crippen LogP contribution in [0.1, 0.15) is 42.3 Å². The molecule has 1 aromatic heterocycles. The average molecular weight is 383 g/mol. The van der Waals surface area contributed by atoms with Crippen molar-refractivity contribution in [1.82, 2.24) is 10.2 Å². The number of rotatable bonds is 5. The summed E-state index contributed by atoms with van der Waals surface area (Å²) in [5, 5.41) is 6.31. The van der Waals surface area contributed by atoms with E-state index in [2.05, 4.69) is 27.7 Å². The molecule has 3 rings (SSSR count). The molecule has 1 aromatic carbocycles. The van der Waals surface area contributed by atoms with Gasteiger partial charge in [-0.15, -0.1) is 11.3 Å². The van der Waals surface area contributed by atoms with Gasteiger partial charge in [0.25, 0.3) is 0 Å². The number of benzene rings is 1. The molecule has 24 heavy (non-hydrogen) atoms. The number of nitrogens with zero attached hydrogens (tertiary/aromatic N) is 1. The first kappa shape index (κ1) is 17.7. The smallest absolute Gasteiger partial charge is 0.234 e. The zero-order valence-electron chi connectivity index (χ0n) is 13.5. The fourth-order valence-corrected chi connectivity index (χ4v) is 4.69. The first-order valence-corrected chi connectivity index (χ1v) is 9.70. The predicted molar refractivity (Wildman–Crippen MR) is 101 cm³/mol. The molecule has 1 saturated heterocycles. The number of hydrogen-bond acceptors (Lipinski definition) is 3.